The van der Waals surface area contributed by atoms with Gasteiger partial charge in [0.25, 0.3) is 0 Å². The number of rotatable bonds is 6. The van der Waals surface area contributed by atoms with Gasteiger partial charge in [-0.15, -0.1) is 0 Å². The third-order valence-corrected chi connectivity index (χ3v) is 3.54. The fraction of sp³-hybridized carbons (Fsp3) is 0.692. The van der Waals surface area contributed by atoms with Gasteiger partial charge in [0.05, 0.1) is 19.8 Å². The minimum Gasteiger partial charge on any atom is -0.394 e. The molecule has 2 heterocycles. The Labute approximate surface area is 127 Å². The number of aliphatic hydroxyl groups excluding tert-OH is 2. The van der Waals surface area contributed by atoms with Crippen LogP contribution in [0, 0.1) is 6.92 Å². The Morgan fingerprint density at radius 2 is 2.23 bits per heavy atom. The van der Waals surface area contributed by atoms with Gasteiger partial charge in [0, 0.05) is 18.9 Å². The molecule has 9 heteroatoms. The fourth-order valence-corrected chi connectivity index (χ4v) is 2.33. The summed E-state index contributed by atoms with van der Waals surface area (Å²) in [7, 11) is 1.53. The number of hydrogen-bond donors (Lipinski definition) is 3. The topological polar surface area (TPSA) is 129 Å². The molecule has 1 aliphatic heterocycles. The Bertz CT molecular complexity index is 563. The first-order chi connectivity index (χ1) is 10.5. The smallest absolute Gasteiger partial charge is 0.351 e. The maximum Gasteiger partial charge on any atom is 0.351 e. The van der Waals surface area contributed by atoms with Crippen LogP contribution in [0.25, 0.3) is 0 Å². The summed E-state index contributed by atoms with van der Waals surface area (Å²) in [6, 6.07) is 0. The molecule has 1 fully saturated rings. The second-order valence-corrected chi connectivity index (χ2v) is 5.07. The van der Waals surface area contributed by atoms with Crippen molar-refractivity contribution in [1.82, 2.24) is 9.55 Å². The van der Waals surface area contributed by atoms with Gasteiger partial charge in [0.2, 0.25) is 0 Å². The van der Waals surface area contributed by atoms with E-state index < -0.39 is 30.2 Å². The van der Waals surface area contributed by atoms with Gasteiger partial charge in [0.1, 0.15) is 24.1 Å². The van der Waals surface area contributed by atoms with E-state index in [1.54, 1.807) is 6.92 Å². The van der Waals surface area contributed by atoms with E-state index in [2.05, 4.69) is 4.98 Å². The molecule has 1 unspecified atom stereocenters. The molecule has 0 aromatic carbocycles. The molecule has 0 spiro atoms. The number of nitrogens with zero attached hydrogens (tertiary/aromatic N) is 2. The number of ether oxygens (including phenoxy) is 3. The predicted molar refractivity (Wildman–Crippen MR) is 76.3 cm³/mol. The van der Waals surface area contributed by atoms with Crippen molar-refractivity contribution in [3.63, 3.8) is 0 Å². The van der Waals surface area contributed by atoms with Crippen LogP contribution in [-0.4, -0.2) is 65.0 Å². The van der Waals surface area contributed by atoms with Crippen LogP contribution < -0.4 is 11.4 Å². The molecule has 0 saturated carbocycles. The van der Waals surface area contributed by atoms with Gasteiger partial charge in [-0.2, -0.15) is 4.98 Å². The minimum absolute atomic E-state index is 0.125. The summed E-state index contributed by atoms with van der Waals surface area (Å²) in [5.74, 6) is 0.125. The third-order valence-electron chi connectivity index (χ3n) is 3.54. The van der Waals surface area contributed by atoms with Crippen molar-refractivity contribution in [2.24, 2.45) is 0 Å². The number of aryl methyl sites for hydroxylation is 1. The van der Waals surface area contributed by atoms with Crippen LogP contribution in [0.1, 0.15) is 11.8 Å². The Kier molecular flexibility index (Phi) is 5.48. The van der Waals surface area contributed by atoms with E-state index in [4.69, 9.17) is 19.9 Å². The monoisotopic (exact) mass is 315 g/mol. The Morgan fingerprint density at radius 3 is 2.86 bits per heavy atom. The Hall–Kier alpha value is -1.52. The maximum atomic E-state index is 11.9. The Morgan fingerprint density at radius 1 is 1.50 bits per heavy atom. The van der Waals surface area contributed by atoms with Gasteiger partial charge in [-0.05, 0) is 6.92 Å². The van der Waals surface area contributed by atoms with E-state index in [1.165, 1.54) is 13.3 Å². The molecular weight excluding hydrogens is 294 g/mol. The van der Waals surface area contributed by atoms with Crippen molar-refractivity contribution in [2.75, 3.05) is 32.7 Å². The molecule has 9 nitrogen and oxygen atoms in total. The lowest BCUT2D eigenvalue weighted by Gasteiger charge is -2.20. The summed E-state index contributed by atoms with van der Waals surface area (Å²) in [5.41, 5.74) is 5.52. The molecule has 4 N–H and O–H groups in total. The summed E-state index contributed by atoms with van der Waals surface area (Å²) in [6.45, 7) is 1.92. The zero-order valence-electron chi connectivity index (χ0n) is 12.5. The van der Waals surface area contributed by atoms with Crippen molar-refractivity contribution in [2.45, 2.75) is 31.5 Å². The average molecular weight is 315 g/mol. The minimum atomic E-state index is -1.13. The Balaban J connectivity index is 2.22. The molecule has 0 radical (unpaired) electrons. The molecule has 1 aromatic rings. The van der Waals surface area contributed by atoms with Crippen molar-refractivity contribution in [3.05, 3.63) is 22.2 Å². The number of hydrogen-bond acceptors (Lipinski definition) is 8. The van der Waals surface area contributed by atoms with Crippen LogP contribution in [0.5, 0.6) is 0 Å². The highest BCUT2D eigenvalue weighted by Gasteiger charge is 2.45. The number of nitrogen functional groups attached to an aromatic ring is 1. The van der Waals surface area contributed by atoms with Crippen molar-refractivity contribution >= 4 is 5.82 Å². The summed E-state index contributed by atoms with van der Waals surface area (Å²) in [6.07, 6.45) is -2.18. The molecule has 1 aromatic heterocycles. The highest BCUT2D eigenvalue weighted by molar-refractivity contribution is 5.35. The molecule has 0 amide bonds. The standard InChI is InChI=1S/C13H21N3O6/c1-7-5-16(13(19)15-11(7)14)12-9(18)10(8(6-17)22-12)21-4-3-20-2/h5,8-10,12,17-18H,3-4,6H2,1-2H3,(H2,14,15,19)/t8-,9+,10?,12-/m1/s1. The number of anilines is 1. The number of nitrogens with two attached hydrogens (primary N) is 1. The van der Waals surface area contributed by atoms with E-state index in [-0.39, 0.29) is 19.0 Å². The van der Waals surface area contributed by atoms with E-state index in [1.807, 2.05) is 0 Å². The van der Waals surface area contributed by atoms with Crippen LogP contribution in [0.2, 0.25) is 0 Å². The second-order valence-electron chi connectivity index (χ2n) is 5.07. The van der Waals surface area contributed by atoms with Crippen LogP contribution in [0.15, 0.2) is 11.0 Å². The van der Waals surface area contributed by atoms with E-state index >= 15 is 0 Å². The van der Waals surface area contributed by atoms with E-state index in [9.17, 15) is 15.0 Å². The predicted octanol–water partition coefficient (Wildman–Crippen LogP) is -1.58. The van der Waals surface area contributed by atoms with E-state index in [0.717, 1.165) is 4.57 Å². The van der Waals surface area contributed by atoms with Crippen molar-refractivity contribution in [3.8, 4) is 0 Å². The zero-order valence-corrected chi connectivity index (χ0v) is 12.5. The third kappa shape index (κ3) is 3.28. The molecule has 1 aliphatic rings. The first-order valence-electron chi connectivity index (χ1n) is 6.89. The van der Waals surface area contributed by atoms with Crippen LogP contribution in [0.4, 0.5) is 5.82 Å². The van der Waals surface area contributed by atoms with Gasteiger partial charge >= 0.3 is 5.69 Å². The van der Waals surface area contributed by atoms with E-state index in [0.29, 0.717) is 12.2 Å². The quantitative estimate of drug-likeness (QED) is 0.536. The summed E-state index contributed by atoms with van der Waals surface area (Å²) in [4.78, 5) is 15.6. The van der Waals surface area contributed by atoms with Gasteiger partial charge < -0.3 is 30.2 Å². The lowest BCUT2D eigenvalue weighted by molar-refractivity contribution is -0.0685. The molecule has 1 saturated heterocycles. The first kappa shape index (κ1) is 16.8. The normalized spacial score (nSPS) is 28.2. The highest BCUT2D eigenvalue weighted by atomic mass is 16.6. The summed E-state index contributed by atoms with van der Waals surface area (Å²) < 4.78 is 17.1. The number of methoxy groups -OCH3 is 1. The maximum absolute atomic E-state index is 11.9. The highest BCUT2D eigenvalue weighted by Crippen LogP contribution is 2.30. The lowest BCUT2D eigenvalue weighted by Crippen LogP contribution is -2.38. The molecule has 0 aliphatic carbocycles. The zero-order chi connectivity index (χ0) is 16.3. The molecule has 2 rings (SSSR count). The largest absolute Gasteiger partial charge is 0.394 e. The number of aliphatic hydroxyl groups is 2. The lowest BCUT2D eigenvalue weighted by atomic mass is 10.1. The van der Waals surface area contributed by atoms with Crippen molar-refractivity contribution in [1.29, 1.82) is 0 Å². The first-order valence-corrected chi connectivity index (χ1v) is 6.89. The van der Waals surface area contributed by atoms with Crippen LogP contribution in [0.3, 0.4) is 0 Å². The number of aromatic nitrogens is 2. The summed E-state index contributed by atoms with van der Waals surface area (Å²) in [5, 5.41) is 19.7. The summed E-state index contributed by atoms with van der Waals surface area (Å²) >= 11 is 0. The average Bonchev–Trinajstić information content (AvgIpc) is 2.80. The van der Waals surface area contributed by atoms with Crippen LogP contribution >= 0.6 is 0 Å². The van der Waals surface area contributed by atoms with Gasteiger partial charge in [-0.25, -0.2) is 4.79 Å². The second kappa shape index (κ2) is 7.16. The van der Waals surface area contributed by atoms with Gasteiger partial charge in [0.15, 0.2) is 6.23 Å². The fourth-order valence-electron chi connectivity index (χ4n) is 2.33. The van der Waals surface area contributed by atoms with Crippen molar-refractivity contribution < 1.29 is 24.4 Å². The van der Waals surface area contributed by atoms with Gasteiger partial charge in [-0.1, -0.05) is 0 Å². The molecule has 22 heavy (non-hydrogen) atoms. The van der Waals surface area contributed by atoms with Gasteiger partial charge in [-0.3, -0.25) is 4.57 Å². The molecular formula is C13H21N3O6. The molecule has 124 valence electrons. The van der Waals surface area contributed by atoms with Crippen LogP contribution in [-0.2, 0) is 14.2 Å². The molecule has 0 bridgehead atoms. The molecule has 4 atom stereocenters. The SMILES string of the molecule is COCCOC1[C@@H](CO)O[C@@H](n2cc(C)c(N)nc2=O)[C@H]1O.